The molecule has 0 saturated carbocycles. The number of fused-ring (bicyclic) bond motifs is 3. The van der Waals surface area contributed by atoms with Crippen LogP contribution in [0, 0.1) is 6.92 Å². The van der Waals surface area contributed by atoms with E-state index in [1.54, 1.807) is 0 Å². The Balaban J connectivity index is 2.58. The monoisotopic (exact) mass is 247 g/mol. The van der Waals surface area contributed by atoms with E-state index in [0.717, 1.165) is 5.69 Å². The normalized spacial score (nSPS) is 11.2. The number of benzene rings is 1. The van der Waals surface area contributed by atoms with Crippen molar-refractivity contribution >= 4 is 33.9 Å². The Morgan fingerprint density at radius 1 is 1.00 bits per heavy atom. The third-order valence-electron chi connectivity index (χ3n) is 2.36. The summed E-state index contributed by atoms with van der Waals surface area (Å²) in [6.07, 6.45) is 0. The second-order valence-electron chi connectivity index (χ2n) is 3.40. The molecule has 2 heteroatoms. The predicted molar refractivity (Wildman–Crippen MR) is 60.9 cm³/mol. The van der Waals surface area contributed by atoms with Gasteiger partial charge in [-0.05, 0) is 0 Å². The van der Waals surface area contributed by atoms with Gasteiger partial charge in [0.2, 0.25) is 0 Å². The van der Waals surface area contributed by atoms with Crippen LogP contribution in [0.25, 0.3) is 19.4 Å². The minimum atomic E-state index is 0.465. The number of hydrogen-bond donors (Lipinski definition) is 0. The Morgan fingerprint density at radius 3 is 2.79 bits per heavy atom. The van der Waals surface area contributed by atoms with Crippen molar-refractivity contribution in [2.75, 3.05) is 0 Å². The standard InChI is InChI=1S/C12H9NSe/c1-8-6-7-11-12(13-8)9-4-2-3-5-10(9)14-11/h2-7H,1H3. The fourth-order valence-electron chi connectivity index (χ4n) is 1.69. The van der Waals surface area contributed by atoms with Gasteiger partial charge in [0, 0.05) is 0 Å². The van der Waals surface area contributed by atoms with Gasteiger partial charge in [-0.25, -0.2) is 0 Å². The number of rotatable bonds is 0. The molecule has 14 heavy (non-hydrogen) atoms. The van der Waals surface area contributed by atoms with Crippen LogP contribution in [0.2, 0.25) is 0 Å². The number of aromatic nitrogens is 1. The van der Waals surface area contributed by atoms with Gasteiger partial charge in [-0.1, -0.05) is 0 Å². The molecule has 68 valence electrons. The van der Waals surface area contributed by atoms with E-state index in [-0.39, 0.29) is 0 Å². The summed E-state index contributed by atoms with van der Waals surface area (Å²) in [5.41, 5.74) is 2.32. The molecule has 0 bridgehead atoms. The summed E-state index contributed by atoms with van der Waals surface area (Å²) in [5, 5.41) is 1.34. The average molecular weight is 246 g/mol. The number of aryl methyl sites for hydroxylation is 1. The third-order valence-corrected chi connectivity index (χ3v) is 4.72. The Kier molecular flexibility index (Phi) is 1.73. The van der Waals surface area contributed by atoms with E-state index < -0.39 is 0 Å². The first-order valence-corrected chi connectivity index (χ1v) is 6.31. The fourth-order valence-corrected chi connectivity index (χ4v) is 3.88. The van der Waals surface area contributed by atoms with Crippen LogP contribution in [0.3, 0.4) is 0 Å². The number of hydrogen-bond acceptors (Lipinski definition) is 1. The van der Waals surface area contributed by atoms with Crippen LogP contribution in [0.4, 0.5) is 0 Å². The van der Waals surface area contributed by atoms with Gasteiger partial charge in [0.05, 0.1) is 0 Å². The molecule has 1 aromatic carbocycles. The van der Waals surface area contributed by atoms with E-state index in [4.69, 9.17) is 0 Å². The molecule has 1 nitrogen and oxygen atoms in total. The Labute approximate surface area is 88.1 Å². The van der Waals surface area contributed by atoms with Crippen LogP contribution >= 0.6 is 0 Å². The quantitative estimate of drug-likeness (QED) is 0.556. The molecule has 3 rings (SSSR count). The maximum absolute atomic E-state index is 4.61. The Bertz CT molecular complexity index is 610. The second kappa shape index (κ2) is 2.94. The van der Waals surface area contributed by atoms with E-state index in [9.17, 15) is 0 Å². The first kappa shape index (κ1) is 8.22. The number of pyridine rings is 1. The maximum atomic E-state index is 4.61. The van der Waals surface area contributed by atoms with Gasteiger partial charge in [-0.2, -0.15) is 0 Å². The second-order valence-corrected chi connectivity index (χ2v) is 5.67. The van der Waals surface area contributed by atoms with Gasteiger partial charge in [-0.15, -0.1) is 0 Å². The summed E-state index contributed by atoms with van der Waals surface area (Å²) in [5.74, 6) is 0. The van der Waals surface area contributed by atoms with Gasteiger partial charge >= 0.3 is 87.9 Å². The van der Waals surface area contributed by atoms with Crippen LogP contribution in [0.5, 0.6) is 0 Å². The molecule has 0 radical (unpaired) electrons. The summed E-state index contributed by atoms with van der Waals surface area (Å²) < 4.78 is 2.89. The molecule has 0 saturated heterocycles. The SMILES string of the molecule is Cc1ccc2[se]c3ccccc3c2n1. The van der Waals surface area contributed by atoms with Crippen LogP contribution in [0.15, 0.2) is 36.4 Å². The third kappa shape index (κ3) is 1.12. The predicted octanol–water partition coefficient (Wildman–Crippen LogP) is 2.75. The topological polar surface area (TPSA) is 12.9 Å². The number of nitrogens with zero attached hydrogens (tertiary/aromatic N) is 1. The zero-order valence-electron chi connectivity index (χ0n) is 7.82. The summed E-state index contributed by atoms with van der Waals surface area (Å²) in [6.45, 7) is 2.05. The molecule has 3 aromatic rings. The summed E-state index contributed by atoms with van der Waals surface area (Å²) in [7, 11) is 0. The first-order valence-electron chi connectivity index (χ1n) is 4.59. The van der Waals surface area contributed by atoms with Gasteiger partial charge < -0.3 is 0 Å². The van der Waals surface area contributed by atoms with Crippen molar-refractivity contribution in [1.82, 2.24) is 4.98 Å². The van der Waals surface area contributed by atoms with Gasteiger partial charge in [0.25, 0.3) is 0 Å². The summed E-state index contributed by atoms with van der Waals surface area (Å²) in [4.78, 5) is 4.61. The minimum absolute atomic E-state index is 0.465. The molecular weight excluding hydrogens is 237 g/mol. The van der Waals surface area contributed by atoms with E-state index >= 15 is 0 Å². The average Bonchev–Trinajstić information content (AvgIpc) is 2.56. The molecule has 0 fully saturated rings. The Morgan fingerprint density at radius 2 is 1.86 bits per heavy atom. The van der Waals surface area contributed by atoms with E-state index in [1.807, 2.05) is 6.92 Å². The van der Waals surface area contributed by atoms with Crippen molar-refractivity contribution in [3.8, 4) is 0 Å². The van der Waals surface area contributed by atoms with E-state index in [1.165, 1.54) is 19.4 Å². The van der Waals surface area contributed by atoms with Crippen molar-refractivity contribution in [1.29, 1.82) is 0 Å². The van der Waals surface area contributed by atoms with Crippen LogP contribution in [0.1, 0.15) is 5.69 Å². The van der Waals surface area contributed by atoms with Crippen molar-refractivity contribution in [3.05, 3.63) is 42.1 Å². The van der Waals surface area contributed by atoms with E-state index in [2.05, 4.69) is 41.4 Å². The summed E-state index contributed by atoms with van der Waals surface area (Å²) >= 11 is 0.465. The molecule has 0 atom stereocenters. The van der Waals surface area contributed by atoms with Crippen LogP contribution in [-0.2, 0) is 0 Å². The fraction of sp³-hybridized carbons (Fsp3) is 0.0833. The molecule has 0 aliphatic rings. The summed E-state index contributed by atoms with van der Waals surface area (Å²) in [6, 6.07) is 12.9. The molecule has 0 amide bonds. The zero-order valence-corrected chi connectivity index (χ0v) is 9.53. The molecule has 0 N–H and O–H groups in total. The van der Waals surface area contributed by atoms with Crippen molar-refractivity contribution in [2.45, 2.75) is 6.92 Å². The van der Waals surface area contributed by atoms with Crippen LogP contribution < -0.4 is 0 Å². The van der Waals surface area contributed by atoms with Crippen molar-refractivity contribution in [2.24, 2.45) is 0 Å². The molecule has 0 aliphatic carbocycles. The molecule has 0 unspecified atom stereocenters. The molecule has 2 aromatic heterocycles. The zero-order chi connectivity index (χ0) is 9.54. The van der Waals surface area contributed by atoms with Gasteiger partial charge in [0.15, 0.2) is 0 Å². The molecule has 2 heterocycles. The molecular formula is C12H9NSe. The first-order chi connectivity index (χ1) is 6.84. The molecule has 0 spiro atoms. The molecule has 0 aliphatic heterocycles. The van der Waals surface area contributed by atoms with E-state index in [0.29, 0.717) is 14.5 Å². The Hall–Kier alpha value is -1.11. The van der Waals surface area contributed by atoms with Crippen molar-refractivity contribution < 1.29 is 0 Å². The van der Waals surface area contributed by atoms with Crippen LogP contribution in [-0.4, -0.2) is 19.5 Å². The van der Waals surface area contributed by atoms with Crippen molar-refractivity contribution in [3.63, 3.8) is 0 Å². The van der Waals surface area contributed by atoms with Gasteiger partial charge in [-0.3, -0.25) is 0 Å². The van der Waals surface area contributed by atoms with Gasteiger partial charge in [0.1, 0.15) is 0 Å².